The first-order valence-corrected chi connectivity index (χ1v) is 3.18. The molecule has 0 amide bonds. The standard InChI is InChI=1S/C7H6ClFN/c8-10-7(9)6-4-2-1-3-5-6/h1-5,7H. The van der Waals surface area contributed by atoms with Gasteiger partial charge in [-0.2, -0.15) is 0 Å². The van der Waals surface area contributed by atoms with E-state index in [2.05, 4.69) is 4.84 Å². The Kier molecular flexibility index (Phi) is 2.66. The molecule has 53 valence electrons. The molecule has 1 aromatic carbocycles. The fraction of sp³-hybridized carbons (Fsp3) is 0.143. The van der Waals surface area contributed by atoms with Crippen molar-refractivity contribution in [2.75, 3.05) is 0 Å². The van der Waals surface area contributed by atoms with Crippen LogP contribution in [0.2, 0.25) is 0 Å². The zero-order chi connectivity index (χ0) is 7.40. The van der Waals surface area contributed by atoms with Gasteiger partial charge in [0.25, 0.3) is 0 Å². The minimum atomic E-state index is -1.40. The smallest absolute Gasteiger partial charge is 0.207 e. The summed E-state index contributed by atoms with van der Waals surface area (Å²) in [4.78, 5) is 2.96. The Morgan fingerprint density at radius 2 is 1.90 bits per heavy atom. The van der Waals surface area contributed by atoms with Crippen molar-refractivity contribution in [3.05, 3.63) is 35.9 Å². The third kappa shape index (κ3) is 1.69. The molecule has 0 bridgehead atoms. The van der Waals surface area contributed by atoms with E-state index in [-0.39, 0.29) is 0 Å². The van der Waals surface area contributed by atoms with Gasteiger partial charge in [-0.3, -0.25) is 0 Å². The Labute approximate surface area is 63.9 Å². The second-order valence-electron chi connectivity index (χ2n) is 1.84. The maximum Gasteiger partial charge on any atom is 0.207 e. The summed E-state index contributed by atoms with van der Waals surface area (Å²) in [6.45, 7) is 0. The van der Waals surface area contributed by atoms with Crippen LogP contribution in [0, 0.1) is 0 Å². The molecule has 0 aliphatic carbocycles. The highest BCUT2D eigenvalue weighted by molar-refractivity contribution is 6.13. The Balaban J connectivity index is 2.75. The number of rotatable bonds is 2. The van der Waals surface area contributed by atoms with E-state index in [1.54, 1.807) is 24.3 Å². The van der Waals surface area contributed by atoms with Crippen LogP contribution in [0.1, 0.15) is 11.9 Å². The second-order valence-corrected chi connectivity index (χ2v) is 2.04. The van der Waals surface area contributed by atoms with E-state index in [0.717, 1.165) is 0 Å². The van der Waals surface area contributed by atoms with Crippen molar-refractivity contribution in [1.29, 1.82) is 0 Å². The maximum atomic E-state index is 12.6. The molecule has 1 nitrogen and oxygen atoms in total. The van der Waals surface area contributed by atoms with E-state index in [4.69, 9.17) is 11.8 Å². The van der Waals surface area contributed by atoms with E-state index in [0.29, 0.717) is 5.56 Å². The molecule has 1 rings (SSSR count). The zero-order valence-electron chi connectivity index (χ0n) is 5.17. The van der Waals surface area contributed by atoms with Crippen molar-refractivity contribution < 1.29 is 4.39 Å². The minimum absolute atomic E-state index is 0.484. The summed E-state index contributed by atoms with van der Waals surface area (Å²) >= 11 is 4.94. The SMILES string of the molecule is FC([N]Cl)c1ccccc1. The Hall–Kier alpha value is -0.600. The molecule has 0 saturated heterocycles. The fourth-order valence-electron chi connectivity index (χ4n) is 0.668. The van der Waals surface area contributed by atoms with Gasteiger partial charge in [-0.15, -0.1) is 0 Å². The molecule has 0 aliphatic rings. The monoisotopic (exact) mass is 158 g/mol. The molecule has 10 heavy (non-hydrogen) atoms. The molecule has 0 saturated carbocycles. The van der Waals surface area contributed by atoms with Gasteiger partial charge in [-0.1, -0.05) is 35.2 Å². The summed E-state index contributed by atoms with van der Waals surface area (Å²) in [6.07, 6.45) is -1.40. The fourth-order valence-corrected chi connectivity index (χ4v) is 0.781. The molecule has 0 spiro atoms. The molecule has 0 aromatic heterocycles. The average Bonchev–Trinajstić information content (AvgIpc) is 2.05. The van der Waals surface area contributed by atoms with Crippen molar-refractivity contribution in [1.82, 2.24) is 4.84 Å². The number of nitrogens with zero attached hydrogens (tertiary/aromatic N) is 1. The Morgan fingerprint density at radius 3 is 2.40 bits per heavy atom. The lowest BCUT2D eigenvalue weighted by molar-refractivity contribution is 0.324. The van der Waals surface area contributed by atoms with Crippen molar-refractivity contribution in [2.45, 2.75) is 6.30 Å². The molecule has 0 N–H and O–H groups in total. The first kappa shape index (κ1) is 7.51. The summed E-state index contributed by atoms with van der Waals surface area (Å²) in [5.74, 6) is 0. The van der Waals surface area contributed by atoms with Crippen LogP contribution in [0.4, 0.5) is 4.39 Å². The van der Waals surface area contributed by atoms with Gasteiger partial charge in [0.15, 0.2) is 0 Å². The Bertz CT molecular complexity index is 190. The van der Waals surface area contributed by atoms with Crippen molar-refractivity contribution in [3.8, 4) is 0 Å². The summed E-state index contributed by atoms with van der Waals surface area (Å²) in [7, 11) is 0. The van der Waals surface area contributed by atoms with Crippen LogP contribution in [-0.4, -0.2) is 0 Å². The lowest BCUT2D eigenvalue weighted by Gasteiger charge is -2.00. The van der Waals surface area contributed by atoms with Crippen molar-refractivity contribution in [2.24, 2.45) is 0 Å². The second kappa shape index (κ2) is 3.54. The molecule has 0 fully saturated rings. The highest BCUT2D eigenvalue weighted by Crippen LogP contribution is 2.14. The molecular weight excluding hydrogens is 153 g/mol. The predicted molar refractivity (Wildman–Crippen MR) is 38.3 cm³/mol. The van der Waals surface area contributed by atoms with Crippen LogP contribution in [0.3, 0.4) is 0 Å². The van der Waals surface area contributed by atoms with Gasteiger partial charge in [0.2, 0.25) is 6.30 Å². The van der Waals surface area contributed by atoms with Crippen LogP contribution in [0.25, 0.3) is 0 Å². The number of alkyl halides is 1. The lowest BCUT2D eigenvalue weighted by atomic mass is 10.2. The van der Waals surface area contributed by atoms with E-state index >= 15 is 0 Å². The van der Waals surface area contributed by atoms with E-state index < -0.39 is 6.30 Å². The van der Waals surface area contributed by atoms with Crippen molar-refractivity contribution in [3.63, 3.8) is 0 Å². The van der Waals surface area contributed by atoms with Gasteiger partial charge in [0, 0.05) is 5.56 Å². The largest absolute Gasteiger partial charge is 0.222 e. The third-order valence-electron chi connectivity index (χ3n) is 1.16. The summed E-state index contributed by atoms with van der Waals surface area (Å²) < 4.78 is 12.6. The average molecular weight is 159 g/mol. The maximum absolute atomic E-state index is 12.6. The highest BCUT2D eigenvalue weighted by atomic mass is 35.5. The van der Waals surface area contributed by atoms with Gasteiger partial charge in [-0.25, -0.2) is 4.39 Å². The van der Waals surface area contributed by atoms with E-state index in [1.165, 1.54) is 0 Å². The Morgan fingerprint density at radius 1 is 1.30 bits per heavy atom. The van der Waals surface area contributed by atoms with Crippen LogP contribution in [0.5, 0.6) is 0 Å². The molecule has 0 heterocycles. The van der Waals surface area contributed by atoms with Crippen LogP contribution in [0.15, 0.2) is 30.3 Å². The van der Waals surface area contributed by atoms with Gasteiger partial charge >= 0.3 is 0 Å². The normalized spacial score (nSPS) is 13.0. The molecule has 1 radical (unpaired) electrons. The zero-order valence-corrected chi connectivity index (χ0v) is 5.92. The molecule has 0 aliphatic heterocycles. The quantitative estimate of drug-likeness (QED) is 0.587. The molecule has 1 aromatic rings. The van der Waals surface area contributed by atoms with Crippen LogP contribution in [-0.2, 0) is 0 Å². The third-order valence-corrected chi connectivity index (χ3v) is 1.33. The number of hydrogen-bond acceptors (Lipinski definition) is 0. The van der Waals surface area contributed by atoms with E-state index in [1.807, 2.05) is 6.07 Å². The first-order chi connectivity index (χ1) is 4.84. The van der Waals surface area contributed by atoms with Gasteiger partial charge in [0.05, 0.1) is 0 Å². The van der Waals surface area contributed by atoms with Gasteiger partial charge in [-0.05, 0) is 11.8 Å². The number of benzene rings is 1. The van der Waals surface area contributed by atoms with Crippen molar-refractivity contribution >= 4 is 11.8 Å². The summed E-state index contributed by atoms with van der Waals surface area (Å²) in [6, 6.07) is 8.56. The molecule has 3 heteroatoms. The highest BCUT2D eigenvalue weighted by Gasteiger charge is 2.06. The molecule has 1 unspecified atom stereocenters. The summed E-state index contributed by atoms with van der Waals surface area (Å²) in [5.41, 5.74) is 0.484. The van der Waals surface area contributed by atoms with Gasteiger partial charge in [0.1, 0.15) is 0 Å². The van der Waals surface area contributed by atoms with E-state index in [9.17, 15) is 4.39 Å². The van der Waals surface area contributed by atoms with Crippen LogP contribution < -0.4 is 4.84 Å². The number of hydrogen-bond donors (Lipinski definition) is 0. The molecular formula is C7H6ClFN. The van der Waals surface area contributed by atoms with Crippen LogP contribution >= 0.6 is 11.8 Å². The lowest BCUT2D eigenvalue weighted by Crippen LogP contribution is -1.97. The predicted octanol–water partition coefficient (Wildman–Crippen LogP) is 2.41. The molecule has 1 atom stereocenters. The first-order valence-electron chi connectivity index (χ1n) is 2.84. The topological polar surface area (TPSA) is 14.1 Å². The van der Waals surface area contributed by atoms with Gasteiger partial charge < -0.3 is 0 Å². The summed E-state index contributed by atoms with van der Waals surface area (Å²) in [5, 5.41) is 0. The minimum Gasteiger partial charge on any atom is -0.222 e. The number of halogens is 2.